The number of hydrogen-bond acceptors (Lipinski definition) is 2. The van der Waals surface area contributed by atoms with Crippen molar-refractivity contribution in [1.82, 2.24) is 0 Å². The van der Waals surface area contributed by atoms with Crippen molar-refractivity contribution in [2.75, 3.05) is 6.38 Å². The van der Waals surface area contributed by atoms with Gasteiger partial charge in [0, 0.05) is 6.38 Å². The molecule has 0 spiro atoms. The maximum atomic E-state index is 8.74. The van der Waals surface area contributed by atoms with Gasteiger partial charge in [0.2, 0.25) is 0 Å². The van der Waals surface area contributed by atoms with Crippen LogP contribution in [0.4, 0.5) is 0 Å². The average molecular weight is 173 g/mol. The third kappa shape index (κ3) is 202. The minimum atomic E-state index is -4.67. The molecule has 0 aromatic carbocycles. The minimum Gasteiger partial charge on any atom is -1.00 e. The van der Waals surface area contributed by atoms with Crippen molar-refractivity contribution < 1.29 is 48.5 Å². The Bertz CT molecular complexity index is 104. The Morgan fingerprint density at radius 3 is 1.38 bits per heavy atom. The van der Waals surface area contributed by atoms with E-state index >= 15 is 0 Å². The number of halogens is 1. The van der Waals surface area contributed by atoms with E-state index in [1.54, 1.807) is 0 Å². The van der Waals surface area contributed by atoms with Gasteiger partial charge in [-0.2, -0.15) is 8.42 Å². The molecule has 0 fully saturated rings. The van der Waals surface area contributed by atoms with E-state index in [0.717, 1.165) is 0 Å². The monoisotopic (exact) mass is 172 g/mol. The number of hydrogen-bond donors (Lipinski definition) is 2. The first-order chi connectivity index (χ1) is 3.00. The van der Waals surface area contributed by atoms with Crippen molar-refractivity contribution in [3.05, 3.63) is 0 Å². The van der Waals surface area contributed by atoms with Crippen molar-refractivity contribution in [2.45, 2.75) is 0 Å². The van der Waals surface area contributed by atoms with Gasteiger partial charge in [0.05, 0.1) is 0 Å². The predicted molar refractivity (Wildman–Crippen MR) is 27.1 cm³/mol. The first kappa shape index (κ1) is 16.1. The van der Waals surface area contributed by atoms with E-state index in [4.69, 9.17) is 17.5 Å². The molecule has 0 saturated heterocycles. The summed E-state index contributed by atoms with van der Waals surface area (Å²) >= 11 is 4.64. The molecule has 0 rings (SSSR count). The fraction of sp³-hybridized carbons (Fsp3) is 1.00. The second-order valence-corrected chi connectivity index (χ2v) is 1.34. The number of rotatable bonds is 0. The SMILES string of the molecule is CCl.O=S(=O)(O)O.[H-].[Na+]. The van der Waals surface area contributed by atoms with Gasteiger partial charge in [-0.1, -0.05) is 0 Å². The molecule has 0 amide bonds. The Hall–Kier alpha value is 1.16. The largest absolute Gasteiger partial charge is 1.00 e. The van der Waals surface area contributed by atoms with E-state index < -0.39 is 10.4 Å². The van der Waals surface area contributed by atoms with Crippen LogP contribution in [0.25, 0.3) is 0 Å². The van der Waals surface area contributed by atoms with E-state index in [0.29, 0.717) is 0 Å². The van der Waals surface area contributed by atoms with Crippen LogP contribution in [0.5, 0.6) is 0 Å². The summed E-state index contributed by atoms with van der Waals surface area (Å²) in [6.45, 7) is 0. The summed E-state index contributed by atoms with van der Waals surface area (Å²) in [6, 6.07) is 0. The van der Waals surface area contributed by atoms with Gasteiger partial charge in [-0.3, -0.25) is 9.11 Å². The molecule has 0 aliphatic heterocycles. The Morgan fingerprint density at radius 1 is 1.38 bits per heavy atom. The molecule has 0 bridgehead atoms. The van der Waals surface area contributed by atoms with E-state index in [2.05, 4.69) is 11.6 Å². The van der Waals surface area contributed by atoms with Gasteiger partial charge in [0.25, 0.3) is 0 Å². The van der Waals surface area contributed by atoms with Gasteiger partial charge in [-0.25, -0.2) is 0 Å². The minimum absolute atomic E-state index is 0. The molecular formula is CH6ClNaO4S. The van der Waals surface area contributed by atoms with Gasteiger partial charge in [-0.15, -0.1) is 11.6 Å². The zero-order chi connectivity index (χ0) is 6.50. The first-order valence-corrected chi connectivity index (χ1v) is 3.23. The van der Waals surface area contributed by atoms with Crippen LogP contribution in [0, 0.1) is 0 Å². The molecule has 0 aliphatic carbocycles. The average Bonchev–Trinajstić information content (AvgIpc) is 1.36. The smallest absolute Gasteiger partial charge is 1.00 e. The molecule has 7 heteroatoms. The molecule has 0 atom stereocenters. The summed E-state index contributed by atoms with van der Waals surface area (Å²) in [4.78, 5) is 0. The Morgan fingerprint density at radius 2 is 1.38 bits per heavy atom. The van der Waals surface area contributed by atoms with E-state index in [1.165, 1.54) is 6.38 Å². The Balaban J connectivity index is -0.0000000286. The van der Waals surface area contributed by atoms with E-state index in [1.807, 2.05) is 0 Å². The summed E-state index contributed by atoms with van der Waals surface area (Å²) in [5.74, 6) is 0. The molecule has 0 saturated carbocycles. The van der Waals surface area contributed by atoms with Crippen LogP contribution in [0.2, 0.25) is 0 Å². The summed E-state index contributed by atoms with van der Waals surface area (Å²) in [7, 11) is -4.67. The molecule has 0 aromatic heterocycles. The topological polar surface area (TPSA) is 74.6 Å². The van der Waals surface area contributed by atoms with Crippen molar-refractivity contribution in [1.29, 1.82) is 0 Å². The summed E-state index contributed by atoms with van der Waals surface area (Å²) in [5.41, 5.74) is 0. The Labute approximate surface area is 76.6 Å². The number of alkyl halides is 1. The van der Waals surface area contributed by atoms with Gasteiger partial charge >= 0.3 is 40.0 Å². The van der Waals surface area contributed by atoms with Gasteiger partial charge in [0.1, 0.15) is 0 Å². The van der Waals surface area contributed by atoms with Crippen molar-refractivity contribution in [3.8, 4) is 0 Å². The third-order valence-corrected chi connectivity index (χ3v) is 0. The third-order valence-electron chi connectivity index (χ3n) is 0. The summed E-state index contributed by atoms with van der Waals surface area (Å²) in [6.07, 6.45) is 1.47. The first-order valence-electron chi connectivity index (χ1n) is 1.08. The van der Waals surface area contributed by atoms with Crippen molar-refractivity contribution in [2.24, 2.45) is 0 Å². The van der Waals surface area contributed by atoms with Crippen molar-refractivity contribution in [3.63, 3.8) is 0 Å². The molecular weight excluding hydrogens is 167 g/mol. The van der Waals surface area contributed by atoms with E-state index in [-0.39, 0.29) is 31.0 Å². The van der Waals surface area contributed by atoms with Crippen LogP contribution >= 0.6 is 11.6 Å². The molecule has 0 heterocycles. The molecule has 0 radical (unpaired) electrons. The predicted octanol–water partition coefficient (Wildman–Crippen LogP) is -2.68. The fourth-order valence-corrected chi connectivity index (χ4v) is 0. The van der Waals surface area contributed by atoms with Crippen molar-refractivity contribution >= 4 is 22.0 Å². The van der Waals surface area contributed by atoms with Gasteiger partial charge < -0.3 is 1.43 Å². The van der Waals surface area contributed by atoms with E-state index in [9.17, 15) is 0 Å². The second-order valence-electron chi connectivity index (χ2n) is 0.448. The van der Waals surface area contributed by atoms with Crippen LogP contribution in [-0.4, -0.2) is 23.9 Å². The standard InChI is InChI=1S/CH3Cl.Na.H2O4S.H/c1-2;;1-5(2,3)4;/h1H3;;(H2,1,2,3,4);/q;+1;;-1. The summed E-state index contributed by atoms with van der Waals surface area (Å²) < 4.78 is 31.6. The van der Waals surface area contributed by atoms with Crippen LogP contribution in [0.15, 0.2) is 0 Å². The zero-order valence-electron chi connectivity index (χ0n) is 5.50. The quantitative estimate of drug-likeness (QED) is 0.237. The molecule has 8 heavy (non-hydrogen) atoms. The molecule has 2 N–H and O–H groups in total. The molecule has 0 aromatic rings. The molecule has 4 nitrogen and oxygen atoms in total. The molecule has 0 unspecified atom stereocenters. The van der Waals surface area contributed by atoms with Crippen LogP contribution in [-0.2, 0) is 10.4 Å². The van der Waals surface area contributed by atoms with Crippen LogP contribution < -0.4 is 29.6 Å². The molecule has 48 valence electrons. The summed E-state index contributed by atoms with van der Waals surface area (Å²) in [5, 5.41) is 0. The maximum Gasteiger partial charge on any atom is 1.00 e. The van der Waals surface area contributed by atoms with Gasteiger partial charge in [-0.05, 0) is 0 Å². The maximum absolute atomic E-state index is 8.74. The Kier molecular flexibility index (Phi) is 16.4. The zero-order valence-corrected chi connectivity index (χ0v) is 8.07. The van der Waals surface area contributed by atoms with Crippen LogP contribution in [0.3, 0.4) is 0 Å². The normalized spacial score (nSPS) is 8.00. The fourth-order valence-electron chi connectivity index (χ4n) is 0. The molecule has 0 aliphatic rings. The second kappa shape index (κ2) is 8.16. The van der Waals surface area contributed by atoms with Gasteiger partial charge in [0.15, 0.2) is 0 Å². The van der Waals surface area contributed by atoms with Crippen LogP contribution in [0.1, 0.15) is 1.43 Å².